The molecule has 2 saturated heterocycles. The van der Waals surface area contributed by atoms with Crippen LogP contribution in [0.5, 0.6) is 0 Å². The zero-order chi connectivity index (χ0) is 11.5. The third-order valence-electron chi connectivity index (χ3n) is 3.96. The number of piperidine rings is 1. The van der Waals surface area contributed by atoms with Crippen LogP contribution in [0.3, 0.4) is 0 Å². The second-order valence-electron chi connectivity index (χ2n) is 5.15. The summed E-state index contributed by atoms with van der Waals surface area (Å²) in [5.41, 5.74) is 1.46. The lowest BCUT2D eigenvalue weighted by Crippen LogP contribution is -2.30. The van der Waals surface area contributed by atoms with Crippen LogP contribution in [0.4, 0.5) is 5.82 Å². The Hall–Kier alpha value is -1.09. The van der Waals surface area contributed by atoms with E-state index in [1.807, 2.05) is 6.20 Å². The lowest BCUT2D eigenvalue weighted by atomic mass is 9.92. The fourth-order valence-corrected chi connectivity index (χ4v) is 3.04. The van der Waals surface area contributed by atoms with Crippen molar-refractivity contribution in [3.05, 3.63) is 23.9 Å². The standard InChI is InChI=1S/C14H21N3/c1-2-10-17(9-1)14-13(6-4-8-16-14)12-5-3-7-15-11-12/h4,6,8,12,15H,1-3,5,7,9-11H2. The van der Waals surface area contributed by atoms with Gasteiger partial charge >= 0.3 is 0 Å². The van der Waals surface area contributed by atoms with Crippen molar-refractivity contribution in [1.29, 1.82) is 0 Å². The molecule has 0 aliphatic carbocycles. The Kier molecular flexibility index (Phi) is 3.27. The van der Waals surface area contributed by atoms with Crippen LogP contribution in [0, 0.1) is 0 Å². The van der Waals surface area contributed by atoms with Crippen molar-refractivity contribution in [3.8, 4) is 0 Å². The van der Waals surface area contributed by atoms with Crippen LogP contribution in [0.2, 0.25) is 0 Å². The van der Waals surface area contributed by atoms with Crippen molar-refractivity contribution < 1.29 is 0 Å². The molecule has 0 amide bonds. The normalized spacial score (nSPS) is 25.2. The summed E-state index contributed by atoms with van der Waals surface area (Å²) in [5.74, 6) is 1.91. The SMILES string of the molecule is c1cnc(N2CCCC2)c(C2CCCNC2)c1. The number of nitrogens with zero attached hydrogens (tertiary/aromatic N) is 2. The molecule has 17 heavy (non-hydrogen) atoms. The molecule has 0 aromatic carbocycles. The van der Waals surface area contributed by atoms with Gasteiger partial charge in [0.2, 0.25) is 0 Å². The van der Waals surface area contributed by atoms with Gasteiger partial charge < -0.3 is 10.2 Å². The quantitative estimate of drug-likeness (QED) is 0.845. The molecule has 3 heterocycles. The summed E-state index contributed by atoms with van der Waals surface area (Å²) in [7, 11) is 0. The van der Waals surface area contributed by atoms with Crippen LogP contribution in [0.25, 0.3) is 0 Å². The minimum Gasteiger partial charge on any atom is -0.356 e. The maximum atomic E-state index is 4.63. The van der Waals surface area contributed by atoms with E-state index in [9.17, 15) is 0 Å². The van der Waals surface area contributed by atoms with Gasteiger partial charge in [-0.25, -0.2) is 4.98 Å². The summed E-state index contributed by atoms with van der Waals surface area (Å²) in [6.07, 6.45) is 7.17. The molecule has 1 aromatic heterocycles. The van der Waals surface area contributed by atoms with E-state index < -0.39 is 0 Å². The van der Waals surface area contributed by atoms with Crippen LogP contribution < -0.4 is 10.2 Å². The monoisotopic (exact) mass is 231 g/mol. The van der Waals surface area contributed by atoms with E-state index in [2.05, 4.69) is 27.3 Å². The number of aromatic nitrogens is 1. The minimum atomic E-state index is 0.660. The predicted molar refractivity (Wildman–Crippen MR) is 70.5 cm³/mol. The van der Waals surface area contributed by atoms with Crippen molar-refractivity contribution >= 4 is 5.82 Å². The van der Waals surface area contributed by atoms with Gasteiger partial charge in [0.25, 0.3) is 0 Å². The third-order valence-corrected chi connectivity index (χ3v) is 3.96. The number of hydrogen-bond acceptors (Lipinski definition) is 3. The van der Waals surface area contributed by atoms with Gasteiger partial charge in [-0.2, -0.15) is 0 Å². The molecule has 2 fully saturated rings. The van der Waals surface area contributed by atoms with Crippen molar-refractivity contribution in [1.82, 2.24) is 10.3 Å². The van der Waals surface area contributed by atoms with Crippen LogP contribution in [-0.2, 0) is 0 Å². The molecule has 1 N–H and O–H groups in total. The highest BCUT2D eigenvalue weighted by Crippen LogP contribution is 2.31. The first kappa shape index (κ1) is 11.0. The van der Waals surface area contributed by atoms with E-state index in [1.54, 1.807) is 0 Å². The average Bonchev–Trinajstić information content (AvgIpc) is 2.94. The van der Waals surface area contributed by atoms with Gasteiger partial charge in [-0.05, 0) is 43.9 Å². The molecule has 0 spiro atoms. The first-order valence-electron chi connectivity index (χ1n) is 6.86. The van der Waals surface area contributed by atoms with Crippen LogP contribution in [0.1, 0.15) is 37.2 Å². The Balaban J connectivity index is 1.86. The van der Waals surface area contributed by atoms with Crippen molar-refractivity contribution in [3.63, 3.8) is 0 Å². The van der Waals surface area contributed by atoms with E-state index in [-0.39, 0.29) is 0 Å². The lowest BCUT2D eigenvalue weighted by Gasteiger charge is -2.27. The minimum absolute atomic E-state index is 0.660. The third kappa shape index (κ3) is 2.29. The van der Waals surface area contributed by atoms with E-state index in [4.69, 9.17) is 0 Å². The molecule has 92 valence electrons. The molecule has 3 nitrogen and oxygen atoms in total. The fourth-order valence-electron chi connectivity index (χ4n) is 3.04. The molecular weight excluding hydrogens is 210 g/mol. The molecular formula is C14H21N3. The maximum absolute atomic E-state index is 4.63. The molecule has 0 saturated carbocycles. The molecule has 1 atom stereocenters. The summed E-state index contributed by atoms with van der Waals surface area (Å²) < 4.78 is 0. The van der Waals surface area contributed by atoms with Crippen LogP contribution in [-0.4, -0.2) is 31.2 Å². The van der Waals surface area contributed by atoms with Crippen molar-refractivity contribution in [2.24, 2.45) is 0 Å². The van der Waals surface area contributed by atoms with Gasteiger partial charge in [-0.15, -0.1) is 0 Å². The number of anilines is 1. The van der Waals surface area contributed by atoms with Gasteiger partial charge in [0, 0.05) is 31.7 Å². The summed E-state index contributed by atoms with van der Waals surface area (Å²) in [4.78, 5) is 7.10. The average molecular weight is 231 g/mol. The molecule has 2 aliphatic rings. The van der Waals surface area contributed by atoms with Gasteiger partial charge in [0.15, 0.2) is 0 Å². The first-order chi connectivity index (χ1) is 8.45. The highest BCUT2D eigenvalue weighted by atomic mass is 15.2. The summed E-state index contributed by atoms with van der Waals surface area (Å²) in [5, 5.41) is 3.50. The predicted octanol–water partition coefficient (Wildman–Crippen LogP) is 2.15. The van der Waals surface area contributed by atoms with Crippen molar-refractivity contribution in [2.45, 2.75) is 31.6 Å². The Labute approximate surface area is 103 Å². The molecule has 0 bridgehead atoms. The smallest absolute Gasteiger partial charge is 0.132 e. The highest BCUT2D eigenvalue weighted by molar-refractivity contribution is 5.49. The largest absolute Gasteiger partial charge is 0.356 e. The fraction of sp³-hybridized carbons (Fsp3) is 0.643. The maximum Gasteiger partial charge on any atom is 0.132 e. The Morgan fingerprint density at radius 1 is 1.24 bits per heavy atom. The number of pyridine rings is 1. The van der Waals surface area contributed by atoms with E-state index in [0.29, 0.717) is 5.92 Å². The number of hydrogen-bond donors (Lipinski definition) is 1. The molecule has 3 heteroatoms. The Morgan fingerprint density at radius 2 is 2.12 bits per heavy atom. The molecule has 1 aromatic rings. The summed E-state index contributed by atoms with van der Waals surface area (Å²) in [6.45, 7) is 4.66. The molecule has 2 aliphatic heterocycles. The summed E-state index contributed by atoms with van der Waals surface area (Å²) >= 11 is 0. The Bertz CT molecular complexity index is 365. The van der Waals surface area contributed by atoms with Gasteiger partial charge in [0.1, 0.15) is 5.82 Å². The van der Waals surface area contributed by atoms with Crippen molar-refractivity contribution in [2.75, 3.05) is 31.1 Å². The molecule has 3 rings (SSSR count). The molecule has 1 unspecified atom stereocenters. The first-order valence-corrected chi connectivity index (χ1v) is 6.86. The van der Waals surface area contributed by atoms with E-state index in [1.165, 1.54) is 56.7 Å². The van der Waals surface area contributed by atoms with Gasteiger partial charge in [-0.3, -0.25) is 0 Å². The van der Waals surface area contributed by atoms with Gasteiger partial charge in [0.05, 0.1) is 0 Å². The number of rotatable bonds is 2. The topological polar surface area (TPSA) is 28.2 Å². The van der Waals surface area contributed by atoms with E-state index >= 15 is 0 Å². The number of nitrogens with one attached hydrogen (secondary N) is 1. The van der Waals surface area contributed by atoms with Crippen LogP contribution >= 0.6 is 0 Å². The second-order valence-corrected chi connectivity index (χ2v) is 5.15. The van der Waals surface area contributed by atoms with Crippen LogP contribution in [0.15, 0.2) is 18.3 Å². The zero-order valence-corrected chi connectivity index (χ0v) is 10.4. The van der Waals surface area contributed by atoms with Gasteiger partial charge in [-0.1, -0.05) is 6.07 Å². The second kappa shape index (κ2) is 5.05. The zero-order valence-electron chi connectivity index (χ0n) is 10.4. The molecule has 0 radical (unpaired) electrons. The Morgan fingerprint density at radius 3 is 2.88 bits per heavy atom. The summed E-state index contributed by atoms with van der Waals surface area (Å²) in [6, 6.07) is 4.36. The lowest BCUT2D eigenvalue weighted by molar-refractivity contribution is 0.461. The van der Waals surface area contributed by atoms with E-state index in [0.717, 1.165) is 6.54 Å². The highest BCUT2D eigenvalue weighted by Gasteiger charge is 2.23.